The van der Waals surface area contributed by atoms with Crippen LogP contribution in [0.5, 0.6) is 5.75 Å². The molecule has 1 aliphatic rings. The fourth-order valence-corrected chi connectivity index (χ4v) is 3.74. The second-order valence-electron chi connectivity index (χ2n) is 6.92. The maximum atomic E-state index is 6.44. The number of nitrogens with two attached hydrogens (primary N) is 1. The Morgan fingerprint density at radius 1 is 1.24 bits per heavy atom. The second kappa shape index (κ2) is 8.82. The fourth-order valence-electron chi connectivity index (χ4n) is 3.47. The molecule has 3 heterocycles. The molecule has 1 saturated heterocycles. The van der Waals surface area contributed by atoms with Gasteiger partial charge in [-0.1, -0.05) is 11.6 Å². The predicted octanol–water partition coefficient (Wildman–Crippen LogP) is 3.10. The molecule has 0 aliphatic carbocycles. The maximum absolute atomic E-state index is 6.44. The molecule has 7 nitrogen and oxygen atoms in total. The Hall–Kier alpha value is -2.61. The molecule has 1 fully saturated rings. The lowest BCUT2D eigenvalue weighted by Gasteiger charge is -2.26. The summed E-state index contributed by atoms with van der Waals surface area (Å²) in [6, 6.07) is 9.58. The molecule has 0 saturated carbocycles. The van der Waals surface area contributed by atoms with E-state index in [-0.39, 0.29) is 0 Å². The van der Waals surface area contributed by atoms with E-state index in [4.69, 9.17) is 26.8 Å². The molecule has 0 radical (unpaired) electrons. The molecular weight excluding hydrogens is 390 g/mol. The topological polar surface area (TPSA) is 78.4 Å². The molecule has 2 aromatic heterocycles. The van der Waals surface area contributed by atoms with Crippen molar-refractivity contribution in [3.05, 3.63) is 47.7 Å². The van der Waals surface area contributed by atoms with Crippen LogP contribution in [0.2, 0.25) is 5.02 Å². The molecule has 8 heteroatoms. The summed E-state index contributed by atoms with van der Waals surface area (Å²) in [5, 5.41) is 4.84. The number of pyridine rings is 1. The Morgan fingerprint density at radius 2 is 2.07 bits per heavy atom. The van der Waals surface area contributed by atoms with Gasteiger partial charge in [0.2, 0.25) is 0 Å². The van der Waals surface area contributed by atoms with Crippen LogP contribution >= 0.6 is 11.6 Å². The Balaban J connectivity index is 1.64. The van der Waals surface area contributed by atoms with Gasteiger partial charge in [0, 0.05) is 44.0 Å². The first-order valence-corrected chi connectivity index (χ1v) is 9.97. The van der Waals surface area contributed by atoms with Crippen LogP contribution in [0.4, 0.5) is 5.69 Å². The van der Waals surface area contributed by atoms with Crippen molar-refractivity contribution >= 4 is 17.3 Å². The Kier molecular flexibility index (Phi) is 5.99. The van der Waals surface area contributed by atoms with E-state index in [0.29, 0.717) is 17.3 Å². The van der Waals surface area contributed by atoms with Gasteiger partial charge < -0.3 is 15.2 Å². The number of rotatable bonds is 6. The summed E-state index contributed by atoms with van der Waals surface area (Å²) >= 11 is 6.44. The van der Waals surface area contributed by atoms with Gasteiger partial charge >= 0.3 is 0 Å². The summed E-state index contributed by atoms with van der Waals surface area (Å²) < 4.78 is 13.3. The van der Waals surface area contributed by atoms with Crippen LogP contribution in [0.3, 0.4) is 0 Å². The third-order valence-electron chi connectivity index (χ3n) is 5.01. The van der Waals surface area contributed by atoms with E-state index in [9.17, 15) is 0 Å². The number of halogens is 1. The highest BCUT2D eigenvalue weighted by Gasteiger charge is 2.18. The molecule has 3 aromatic rings. The third-order valence-corrected chi connectivity index (χ3v) is 5.29. The molecule has 1 aromatic carbocycles. The second-order valence-corrected chi connectivity index (χ2v) is 7.33. The standard InChI is InChI=1S/C21H24ClN5O2/c1-26-21(17(22)14-25-26)16-13-15(20-18(23)3-2-6-24-20)4-5-19(16)29-12-9-27-7-10-28-11-8-27/h2-6,13-14H,7-12,23H2,1H3. The highest BCUT2D eigenvalue weighted by Crippen LogP contribution is 2.38. The van der Waals surface area contributed by atoms with Crippen LogP contribution in [0.1, 0.15) is 0 Å². The number of ether oxygens (including phenoxy) is 2. The van der Waals surface area contributed by atoms with Crippen molar-refractivity contribution in [3.8, 4) is 28.3 Å². The number of morpholine rings is 1. The Labute approximate surface area is 175 Å². The van der Waals surface area contributed by atoms with Gasteiger partial charge in [0.25, 0.3) is 0 Å². The normalized spacial score (nSPS) is 14.8. The minimum atomic E-state index is 0.566. The SMILES string of the molecule is Cn1ncc(Cl)c1-c1cc(-c2ncccc2N)ccc1OCCN1CCOCC1. The van der Waals surface area contributed by atoms with E-state index >= 15 is 0 Å². The number of nitrogen functional groups attached to an aromatic ring is 1. The molecule has 0 spiro atoms. The zero-order valence-electron chi connectivity index (χ0n) is 16.3. The van der Waals surface area contributed by atoms with Crippen LogP contribution < -0.4 is 10.5 Å². The Morgan fingerprint density at radius 3 is 2.79 bits per heavy atom. The zero-order valence-corrected chi connectivity index (χ0v) is 17.1. The van der Waals surface area contributed by atoms with Crippen LogP contribution in [-0.2, 0) is 11.8 Å². The van der Waals surface area contributed by atoms with Crippen molar-refractivity contribution in [2.45, 2.75) is 0 Å². The van der Waals surface area contributed by atoms with Crippen molar-refractivity contribution in [1.29, 1.82) is 0 Å². The van der Waals surface area contributed by atoms with Crippen LogP contribution in [0.15, 0.2) is 42.7 Å². The van der Waals surface area contributed by atoms with Gasteiger partial charge in [-0.3, -0.25) is 14.6 Å². The van der Waals surface area contributed by atoms with Gasteiger partial charge in [-0.25, -0.2) is 0 Å². The van der Waals surface area contributed by atoms with Crippen molar-refractivity contribution in [1.82, 2.24) is 19.7 Å². The summed E-state index contributed by atoms with van der Waals surface area (Å²) in [4.78, 5) is 6.77. The van der Waals surface area contributed by atoms with Gasteiger partial charge in [-0.2, -0.15) is 5.10 Å². The van der Waals surface area contributed by atoms with E-state index in [0.717, 1.165) is 61.1 Å². The number of hydrogen-bond donors (Lipinski definition) is 1. The molecule has 152 valence electrons. The molecule has 0 unspecified atom stereocenters. The first-order valence-electron chi connectivity index (χ1n) is 9.59. The molecule has 0 amide bonds. The van der Waals surface area contributed by atoms with Gasteiger partial charge in [0.1, 0.15) is 12.4 Å². The Bertz CT molecular complexity index is 965. The van der Waals surface area contributed by atoms with E-state index in [1.165, 1.54) is 0 Å². The average Bonchev–Trinajstić information content (AvgIpc) is 3.07. The zero-order chi connectivity index (χ0) is 20.2. The highest BCUT2D eigenvalue weighted by atomic mass is 35.5. The van der Waals surface area contributed by atoms with E-state index < -0.39 is 0 Å². The third kappa shape index (κ3) is 4.37. The lowest BCUT2D eigenvalue weighted by Crippen LogP contribution is -2.38. The van der Waals surface area contributed by atoms with Gasteiger partial charge in [0.15, 0.2) is 0 Å². The number of aromatic nitrogens is 3. The summed E-state index contributed by atoms with van der Waals surface area (Å²) in [7, 11) is 1.86. The van der Waals surface area contributed by atoms with Crippen LogP contribution in [0.25, 0.3) is 22.5 Å². The van der Waals surface area contributed by atoms with Gasteiger partial charge in [-0.05, 0) is 30.3 Å². The minimum absolute atomic E-state index is 0.566. The monoisotopic (exact) mass is 413 g/mol. The number of benzene rings is 1. The smallest absolute Gasteiger partial charge is 0.128 e. The van der Waals surface area contributed by atoms with E-state index in [1.54, 1.807) is 17.1 Å². The summed E-state index contributed by atoms with van der Waals surface area (Å²) in [6.45, 7) is 4.83. The van der Waals surface area contributed by atoms with Crippen LogP contribution in [-0.4, -0.2) is 59.1 Å². The molecule has 1 aliphatic heterocycles. The summed E-state index contributed by atoms with van der Waals surface area (Å²) in [6.07, 6.45) is 3.37. The lowest BCUT2D eigenvalue weighted by atomic mass is 10.0. The number of anilines is 1. The first-order chi connectivity index (χ1) is 14.1. The van der Waals surface area contributed by atoms with E-state index in [2.05, 4.69) is 15.0 Å². The van der Waals surface area contributed by atoms with Crippen LogP contribution in [0, 0.1) is 0 Å². The van der Waals surface area contributed by atoms with Gasteiger partial charge in [-0.15, -0.1) is 0 Å². The molecule has 0 bridgehead atoms. The number of aryl methyl sites for hydroxylation is 1. The van der Waals surface area contributed by atoms with E-state index in [1.807, 2.05) is 37.4 Å². The molecule has 29 heavy (non-hydrogen) atoms. The predicted molar refractivity (Wildman–Crippen MR) is 114 cm³/mol. The first kappa shape index (κ1) is 19.7. The van der Waals surface area contributed by atoms with Crippen molar-refractivity contribution in [2.75, 3.05) is 45.2 Å². The minimum Gasteiger partial charge on any atom is -0.492 e. The maximum Gasteiger partial charge on any atom is 0.128 e. The fraction of sp³-hybridized carbons (Fsp3) is 0.333. The average molecular weight is 414 g/mol. The van der Waals surface area contributed by atoms with Crippen molar-refractivity contribution < 1.29 is 9.47 Å². The lowest BCUT2D eigenvalue weighted by molar-refractivity contribution is 0.0323. The molecule has 0 atom stereocenters. The molecule has 4 rings (SSSR count). The number of hydrogen-bond acceptors (Lipinski definition) is 6. The number of nitrogens with zero attached hydrogens (tertiary/aromatic N) is 4. The summed E-state index contributed by atoms with van der Waals surface area (Å²) in [5.74, 6) is 0.752. The van der Waals surface area contributed by atoms with Crippen molar-refractivity contribution in [3.63, 3.8) is 0 Å². The largest absolute Gasteiger partial charge is 0.492 e. The van der Waals surface area contributed by atoms with Gasteiger partial charge in [0.05, 0.1) is 41.5 Å². The molecule has 2 N–H and O–H groups in total. The quantitative estimate of drug-likeness (QED) is 0.669. The highest BCUT2D eigenvalue weighted by molar-refractivity contribution is 6.33. The molecular formula is C21H24ClN5O2. The summed E-state index contributed by atoms with van der Waals surface area (Å²) in [5.41, 5.74) is 10.0. The van der Waals surface area contributed by atoms with Crippen molar-refractivity contribution in [2.24, 2.45) is 7.05 Å².